The molecule has 5 aromatic carbocycles. The van der Waals surface area contributed by atoms with E-state index in [1.54, 1.807) is 6.07 Å². The summed E-state index contributed by atoms with van der Waals surface area (Å²) < 4.78 is 6.15. The number of phenols is 1. The third-order valence-electron chi connectivity index (χ3n) is 12.4. The summed E-state index contributed by atoms with van der Waals surface area (Å²) in [6.45, 7) is 4.45. The Hall–Kier alpha value is -6.33. The molecule has 0 bridgehead atoms. The van der Waals surface area contributed by atoms with Crippen LogP contribution in [0.5, 0.6) is 11.5 Å². The molecule has 5 heteroatoms. The quantitative estimate of drug-likeness (QED) is 0.126. The SMILES string of the molecule is C=CC1CCC(C=CC2CC(C=CCOc3ccc(-c4nc(-c5ccc(-c6ccccc6)cc5)nc(-c5ccc(-c6ccccc6)cc5)n4)c(O)c3)C3C=CCC23)C1. The molecule has 0 saturated heterocycles. The maximum absolute atomic E-state index is 11.4. The second-order valence-electron chi connectivity index (χ2n) is 16.0. The van der Waals surface area contributed by atoms with Crippen molar-refractivity contribution in [3.63, 3.8) is 0 Å². The van der Waals surface area contributed by atoms with Gasteiger partial charge in [-0.2, -0.15) is 0 Å². The highest BCUT2D eigenvalue weighted by Gasteiger charge is 2.41. The molecular weight excluding hydrogens is 711 g/mol. The van der Waals surface area contributed by atoms with Gasteiger partial charge in [-0.05, 0) is 102 Å². The average molecular weight is 760 g/mol. The van der Waals surface area contributed by atoms with Gasteiger partial charge in [-0.25, -0.2) is 15.0 Å². The molecule has 288 valence electrons. The van der Waals surface area contributed by atoms with Crippen molar-refractivity contribution < 1.29 is 9.84 Å². The van der Waals surface area contributed by atoms with E-state index in [-0.39, 0.29) is 5.75 Å². The molecule has 0 spiro atoms. The first-order valence-corrected chi connectivity index (χ1v) is 20.8. The van der Waals surface area contributed by atoms with Crippen LogP contribution in [0.15, 0.2) is 177 Å². The Balaban J connectivity index is 0.921. The predicted octanol–water partition coefficient (Wildman–Crippen LogP) is 12.8. The number of fused-ring (bicyclic) bond motifs is 1. The first-order valence-electron chi connectivity index (χ1n) is 20.8. The molecule has 0 amide bonds. The molecule has 3 aliphatic rings. The summed E-state index contributed by atoms with van der Waals surface area (Å²) in [5.41, 5.74) is 6.73. The Morgan fingerprint density at radius 3 is 1.79 bits per heavy atom. The fraction of sp³-hybridized carbons (Fsp3) is 0.226. The van der Waals surface area contributed by atoms with Crippen LogP contribution in [0.4, 0.5) is 0 Å². The van der Waals surface area contributed by atoms with E-state index in [2.05, 4.69) is 97.6 Å². The van der Waals surface area contributed by atoms with E-state index in [4.69, 9.17) is 19.7 Å². The number of allylic oxidation sites excluding steroid dienone is 6. The van der Waals surface area contributed by atoms with E-state index in [9.17, 15) is 5.11 Å². The Kier molecular flexibility index (Phi) is 10.9. The van der Waals surface area contributed by atoms with Crippen LogP contribution in [0.2, 0.25) is 0 Å². The van der Waals surface area contributed by atoms with Gasteiger partial charge in [-0.3, -0.25) is 0 Å². The Morgan fingerprint density at radius 1 is 0.603 bits per heavy atom. The number of rotatable bonds is 12. The molecule has 0 aliphatic heterocycles. The number of nitrogens with zero attached hydrogens (tertiary/aromatic N) is 3. The van der Waals surface area contributed by atoms with Gasteiger partial charge < -0.3 is 9.84 Å². The second kappa shape index (κ2) is 17.0. The number of aromatic nitrogens is 3. The number of hydrogen-bond acceptors (Lipinski definition) is 5. The number of phenolic OH excluding ortho intramolecular Hbond substituents is 1. The highest BCUT2D eigenvalue weighted by atomic mass is 16.5. The molecule has 1 N–H and O–H groups in total. The van der Waals surface area contributed by atoms with Crippen molar-refractivity contribution in [2.24, 2.45) is 35.5 Å². The molecule has 3 aliphatic carbocycles. The molecular formula is C53H49N3O2. The summed E-state index contributed by atoms with van der Waals surface area (Å²) in [4.78, 5) is 14.8. The van der Waals surface area contributed by atoms with Gasteiger partial charge >= 0.3 is 0 Å². The van der Waals surface area contributed by atoms with Crippen molar-refractivity contribution >= 4 is 0 Å². The fourth-order valence-corrected chi connectivity index (χ4v) is 9.23. The molecule has 2 saturated carbocycles. The normalized spacial score (nSPS) is 22.5. The van der Waals surface area contributed by atoms with E-state index in [0.717, 1.165) is 33.4 Å². The van der Waals surface area contributed by atoms with Gasteiger partial charge in [-0.15, -0.1) is 6.58 Å². The minimum Gasteiger partial charge on any atom is -0.507 e. The van der Waals surface area contributed by atoms with E-state index >= 15 is 0 Å². The minimum atomic E-state index is 0.0504. The molecule has 58 heavy (non-hydrogen) atoms. The zero-order valence-corrected chi connectivity index (χ0v) is 32.8. The van der Waals surface area contributed by atoms with Gasteiger partial charge in [0.25, 0.3) is 0 Å². The minimum absolute atomic E-state index is 0.0504. The lowest BCUT2D eigenvalue weighted by atomic mass is 9.89. The summed E-state index contributed by atoms with van der Waals surface area (Å²) in [6.07, 6.45) is 22.7. The highest BCUT2D eigenvalue weighted by Crippen LogP contribution is 2.49. The number of aromatic hydroxyl groups is 1. The lowest BCUT2D eigenvalue weighted by Gasteiger charge is -2.16. The maximum Gasteiger partial charge on any atom is 0.167 e. The Bertz CT molecular complexity index is 2340. The Labute approximate surface area is 342 Å². The van der Waals surface area contributed by atoms with E-state index in [1.165, 1.54) is 32.1 Å². The highest BCUT2D eigenvalue weighted by molar-refractivity contribution is 5.73. The van der Waals surface area contributed by atoms with Gasteiger partial charge in [0.15, 0.2) is 17.5 Å². The third kappa shape index (κ3) is 8.22. The number of hydrogen-bond donors (Lipinski definition) is 1. The smallest absolute Gasteiger partial charge is 0.167 e. The van der Waals surface area contributed by atoms with Crippen molar-refractivity contribution in [2.75, 3.05) is 6.61 Å². The lowest BCUT2D eigenvalue weighted by molar-refractivity contribution is 0.357. The van der Waals surface area contributed by atoms with Crippen LogP contribution in [0.1, 0.15) is 32.1 Å². The van der Waals surface area contributed by atoms with Crippen LogP contribution in [0, 0.1) is 35.5 Å². The van der Waals surface area contributed by atoms with Gasteiger partial charge in [0.2, 0.25) is 0 Å². The molecule has 1 heterocycles. The molecule has 0 radical (unpaired) electrons. The summed E-state index contributed by atoms with van der Waals surface area (Å²) in [5, 5.41) is 11.4. The van der Waals surface area contributed by atoms with Crippen LogP contribution < -0.4 is 4.74 Å². The number of benzene rings is 5. The van der Waals surface area contributed by atoms with Crippen LogP contribution >= 0.6 is 0 Å². The monoisotopic (exact) mass is 759 g/mol. The summed E-state index contributed by atoms with van der Waals surface area (Å²) in [6, 6.07) is 42.4. The number of ether oxygens (including phenoxy) is 1. The zero-order chi connectivity index (χ0) is 39.3. The summed E-state index contributed by atoms with van der Waals surface area (Å²) in [7, 11) is 0. The van der Waals surface area contributed by atoms with Gasteiger partial charge in [0.05, 0.1) is 5.56 Å². The second-order valence-corrected chi connectivity index (χ2v) is 16.0. The first kappa shape index (κ1) is 37.3. The largest absolute Gasteiger partial charge is 0.507 e. The third-order valence-corrected chi connectivity index (χ3v) is 12.4. The molecule has 9 rings (SSSR count). The predicted molar refractivity (Wildman–Crippen MR) is 236 cm³/mol. The molecule has 6 atom stereocenters. The zero-order valence-electron chi connectivity index (χ0n) is 32.8. The van der Waals surface area contributed by atoms with Crippen molar-refractivity contribution in [3.05, 3.63) is 177 Å². The Morgan fingerprint density at radius 2 is 1.19 bits per heavy atom. The molecule has 1 aromatic heterocycles. The van der Waals surface area contributed by atoms with Crippen LogP contribution in [-0.4, -0.2) is 26.7 Å². The van der Waals surface area contributed by atoms with Crippen molar-refractivity contribution in [2.45, 2.75) is 32.1 Å². The summed E-state index contributed by atoms with van der Waals surface area (Å²) >= 11 is 0. The van der Waals surface area contributed by atoms with E-state index in [0.29, 0.717) is 70.9 Å². The lowest BCUT2D eigenvalue weighted by Crippen LogP contribution is -2.09. The van der Waals surface area contributed by atoms with Crippen molar-refractivity contribution in [1.82, 2.24) is 15.0 Å². The van der Waals surface area contributed by atoms with Crippen LogP contribution in [-0.2, 0) is 0 Å². The van der Waals surface area contributed by atoms with Crippen molar-refractivity contribution in [1.29, 1.82) is 0 Å². The summed E-state index contributed by atoms with van der Waals surface area (Å²) in [5.74, 6) is 5.90. The molecule has 2 fully saturated rings. The maximum atomic E-state index is 11.4. The topological polar surface area (TPSA) is 68.1 Å². The van der Waals surface area contributed by atoms with Crippen LogP contribution in [0.25, 0.3) is 56.4 Å². The molecule has 5 nitrogen and oxygen atoms in total. The van der Waals surface area contributed by atoms with Crippen molar-refractivity contribution in [3.8, 4) is 67.9 Å². The van der Waals surface area contributed by atoms with E-state index < -0.39 is 0 Å². The van der Waals surface area contributed by atoms with Gasteiger partial charge in [0.1, 0.15) is 18.1 Å². The average Bonchev–Trinajstić information content (AvgIpc) is 4.04. The van der Waals surface area contributed by atoms with E-state index in [1.807, 2.05) is 72.8 Å². The van der Waals surface area contributed by atoms with Gasteiger partial charge in [-0.1, -0.05) is 152 Å². The molecule has 6 aromatic rings. The molecule has 6 unspecified atom stereocenters. The van der Waals surface area contributed by atoms with Gasteiger partial charge in [0, 0.05) is 17.2 Å². The van der Waals surface area contributed by atoms with Crippen LogP contribution in [0.3, 0.4) is 0 Å². The fourth-order valence-electron chi connectivity index (χ4n) is 9.23. The standard InChI is InChI=1S/C53H49N3O2/c1-2-36-18-19-37(33-36)20-21-45-34-44(47-16-9-17-48(45)47)15-10-32-58-46-30-31-49(50(57)35-46)53-55-51(42-26-22-40(23-27-42)38-11-5-3-6-12-38)54-52(56-53)43-28-24-41(25-29-43)39-13-7-4-8-14-39/h2-16,20-31,35-37,44-45,47-48,57H,1,17-19,32-34H2. The first-order chi connectivity index (χ1) is 28.6.